The highest BCUT2D eigenvalue weighted by molar-refractivity contribution is 9.10. The summed E-state index contributed by atoms with van der Waals surface area (Å²) in [6.45, 7) is 2.71. The molecule has 20 heavy (non-hydrogen) atoms. The quantitative estimate of drug-likeness (QED) is 0.500. The third kappa shape index (κ3) is 3.67. The van der Waals surface area contributed by atoms with Crippen LogP contribution in [0.4, 0.5) is 11.6 Å². The van der Waals surface area contributed by atoms with Gasteiger partial charge in [-0.05, 0) is 35.0 Å². The Kier molecular flexibility index (Phi) is 4.91. The number of benzene rings is 1. The lowest BCUT2D eigenvalue weighted by Crippen LogP contribution is -2.02. The third-order valence-electron chi connectivity index (χ3n) is 2.31. The van der Waals surface area contributed by atoms with E-state index in [1.807, 2.05) is 6.92 Å². The summed E-state index contributed by atoms with van der Waals surface area (Å²) in [4.78, 5) is 19.6. The lowest BCUT2D eigenvalue weighted by molar-refractivity contribution is -0.384. The van der Waals surface area contributed by atoms with Gasteiger partial charge in [-0.25, -0.2) is 9.97 Å². The van der Waals surface area contributed by atoms with Gasteiger partial charge in [-0.2, -0.15) is 0 Å². The first-order valence-electron chi connectivity index (χ1n) is 5.79. The molecule has 8 heteroatoms. The van der Waals surface area contributed by atoms with Crippen molar-refractivity contribution in [3.8, 4) is 0 Å². The third-order valence-corrected chi connectivity index (χ3v) is 4.16. The van der Waals surface area contributed by atoms with Crippen LogP contribution in [0.25, 0.3) is 0 Å². The number of aromatic nitrogens is 2. The summed E-state index contributed by atoms with van der Waals surface area (Å²) >= 11 is 4.81. The summed E-state index contributed by atoms with van der Waals surface area (Å²) in [5.74, 6) is 0.556. The van der Waals surface area contributed by atoms with Crippen molar-refractivity contribution in [3.05, 3.63) is 45.0 Å². The minimum absolute atomic E-state index is 0.0736. The highest BCUT2D eigenvalue weighted by Gasteiger charge is 2.09. The molecule has 1 aromatic carbocycles. The van der Waals surface area contributed by atoms with E-state index in [0.29, 0.717) is 5.95 Å². The molecule has 0 saturated carbocycles. The highest BCUT2D eigenvalue weighted by Crippen LogP contribution is 2.32. The summed E-state index contributed by atoms with van der Waals surface area (Å²) in [6.07, 6.45) is 1.68. The number of halogens is 1. The molecule has 1 heterocycles. The van der Waals surface area contributed by atoms with E-state index < -0.39 is 4.92 Å². The molecular formula is C12H11BrN4O2S. The Morgan fingerprint density at radius 3 is 2.70 bits per heavy atom. The molecule has 2 rings (SSSR count). The van der Waals surface area contributed by atoms with E-state index in [4.69, 9.17) is 0 Å². The SMILES string of the molecule is CCNc1ncc(Br)c(Sc2ccc([N+](=O)[O-])cc2)n1. The van der Waals surface area contributed by atoms with Crippen molar-refractivity contribution < 1.29 is 4.92 Å². The second-order valence-electron chi connectivity index (χ2n) is 3.73. The van der Waals surface area contributed by atoms with Gasteiger partial charge in [-0.1, -0.05) is 11.8 Å². The second-order valence-corrected chi connectivity index (χ2v) is 5.65. The molecule has 6 nitrogen and oxygen atoms in total. The minimum atomic E-state index is -0.418. The second kappa shape index (κ2) is 6.67. The molecule has 0 spiro atoms. The Balaban J connectivity index is 2.20. The fourth-order valence-electron chi connectivity index (χ4n) is 1.41. The number of non-ortho nitro benzene ring substituents is 1. The van der Waals surface area contributed by atoms with Crippen LogP contribution in [0.2, 0.25) is 0 Å². The number of hydrogen-bond donors (Lipinski definition) is 1. The maximum atomic E-state index is 10.6. The van der Waals surface area contributed by atoms with Crippen molar-refractivity contribution in [3.63, 3.8) is 0 Å². The number of nitro groups is 1. The van der Waals surface area contributed by atoms with Crippen LogP contribution in [-0.2, 0) is 0 Å². The van der Waals surface area contributed by atoms with E-state index in [0.717, 1.165) is 20.9 Å². The summed E-state index contributed by atoms with van der Waals surface area (Å²) in [5.41, 5.74) is 0.0736. The van der Waals surface area contributed by atoms with Crippen molar-refractivity contribution >= 4 is 39.3 Å². The van der Waals surface area contributed by atoms with Gasteiger partial charge in [0.15, 0.2) is 0 Å². The van der Waals surface area contributed by atoms with Gasteiger partial charge in [-0.3, -0.25) is 10.1 Å². The van der Waals surface area contributed by atoms with Crippen molar-refractivity contribution in [1.82, 2.24) is 9.97 Å². The normalized spacial score (nSPS) is 10.3. The Morgan fingerprint density at radius 1 is 1.40 bits per heavy atom. The number of nitro benzene ring substituents is 1. The van der Waals surface area contributed by atoms with Crippen LogP contribution in [0.15, 0.2) is 44.9 Å². The number of nitrogens with one attached hydrogen (secondary N) is 1. The lowest BCUT2D eigenvalue weighted by Gasteiger charge is -2.06. The van der Waals surface area contributed by atoms with Gasteiger partial charge in [0.05, 0.1) is 9.40 Å². The topological polar surface area (TPSA) is 81.0 Å². The van der Waals surface area contributed by atoms with Crippen molar-refractivity contribution in [1.29, 1.82) is 0 Å². The molecule has 104 valence electrons. The molecule has 0 radical (unpaired) electrons. The number of hydrogen-bond acceptors (Lipinski definition) is 6. The van der Waals surface area contributed by atoms with Gasteiger partial charge in [-0.15, -0.1) is 0 Å². The summed E-state index contributed by atoms with van der Waals surface area (Å²) in [6, 6.07) is 6.35. The molecule has 0 bridgehead atoms. The lowest BCUT2D eigenvalue weighted by atomic mass is 10.3. The monoisotopic (exact) mass is 354 g/mol. The molecule has 0 aliphatic rings. The van der Waals surface area contributed by atoms with Crippen molar-refractivity contribution in [2.75, 3.05) is 11.9 Å². The van der Waals surface area contributed by atoms with E-state index in [1.54, 1.807) is 18.3 Å². The predicted molar refractivity (Wildman–Crippen MR) is 81.1 cm³/mol. The molecule has 2 aromatic rings. The first kappa shape index (κ1) is 14.7. The van der Waals surface area contributed by atoms with E-state index in [-0.39, 0.29) is 5.69 Å². The highest BCUT2D eigenvalue weighted by atomic mass is 79.9. The van der Waals surface area contributed by atoms with Crippen molar-refractivity contribution in [2.45, 2.75) is 16.8 Å². The van der Waals surface area contributed by atoms with E-state index >= 15 is 0 Å². The van der Waals surface area contributed by atoms with Gasteiger partial charge < -0.3 is 5.32 Å². The van der Waals surface area contributed by atoms with E-state index in [2.05, 4.69) is 31.2 Å². The molecule has 0 aliphatic heterocycles. The summed E-state index contributed by atoms with van der Waals surface area (Å²) in [7, 11) is 0. The molecule has 0 aliphatic carbocycles. The van der Waals surface area contributed by atoms with Crippen LogP contribution >= 0.6 is 27.7 Å². The molecular weight excluding hydrogens is 344 g/mol. The van der Waals surface area contributed by atoms with Gasteiger partial charge in [0.25, 0.3) is 5.69 Å². The molecule has 1 aromatic heterocycles. The Bertz CT molecular complexity index is 621. The zero-order valence-electron chi connectivity index (χ0n) is 10.5. The van der Waals surface area contributed by atoms with Crippen LogP contribution in [0.5, 0.6) is 0 Å². The molecule has 0 atom stereocenters. The summed E-state index contributed by atoms with van der Waals surface area (Å²) < 4.78 is 0.780. The number of nitrogens with zero attached hydrogens (tertiary/aromatic N) is 3. The van der Waals surface area contributed by atoms with Gasteiger partial charge in [0.2, 0.25) is 5.95 Å². The largest absolute Gasteiger partial charge is 0.354 e. The summed E-state index contributed by atoms with van der Waals surface area (Å²) in [5, 5.41) is 14.4. The maximum absolute atomic E-state index is 10.6. The fraction of sp³-hybridized carbons (Fsp3) is 0.167. The minimum Gasteiger partial charge on any atom is -0.354 e. The Hall–Kier alpha value is -1.67. The standard InChI is InChI=1S/C12H11BrN4O2S/c1-2-14-12-15-7-10(13)11(16-12)20-9-5-3-8(4-6-9)17(18)19/h3-7H,2H2,1H3,(H,14,15,16). The fourth-order valence-corrected chi connectivity index (χ4v) is 2.63. The van der Waals surface area contributed by atoms with Crippen LogP contribution in [-0.4, -0.2) is 21.4 Å². The Morgan fingerprint density at radius 2 is 2.10 bits per heavy atom. The molecule has 1 N–H and O–H groups in total. The van der Waals surface area contributed by atoms with Gasteiger partial charge >= 0.3 is 0 Å². The maximum Gasteiger partial charge on any atom is 0.269 e. The first-order valence-corrected chi connectivity index (χ1v) is 7.40. The van der Waals surface area contributed by atoms with Crippen LogP contribution in [0.1, 0.15) is 6.92 Å². The van der Waals surface area contributed by atoms with Crippen LogP contribution in [0, 0.1) is 10.1 Å². The molecule has 0 fully saturated rings. The molecule has 0 unspecified atom stereocenters. The Labute approximate surface area is 128 Å². The van der Waals surface area contributed by atoms with Crippen molar-refractivity contribution in [2.24, 2.45) is 0 Å². The van der Waals surface area contributed by atoms with Gasteiger partial charge in [0, 0.05) is 29.8 Å². The van der Waals surface area contributed by atoms with E-state index in [1.165, 1.54) is 23.9 Å². The number of anilines is 1. The zero-order chi connectivity index (χ0) is 14.5. The number of rotatable bonds is 5. The van der Waals surface area contributed by atoms with Gasteiger partial charge in [0.1, 0.15) is 5.03 Å². The molecule has 0 saturated heterocycles. The average Bonchev–Trinajstić information content (AvgIpc) is 2.43. The average molecular weight is 355 g/mol. The van der Waals surface area contributed by atoms with E-state index in [9.17, 15) is 10.1 Å². The van der Waals surface area contributed by atoms with Crippen LogP contribution in [0.3, 0.4) is 0 Å². The smallest absolute Gasteiger partial charge is 0.269 e. The molecule has 0 amide bonds. The zero-order valence-corrected chi connectivity index (χ0v) is 12.9. The van der Waals surface area contributed by atoms with Crippen LogP contribution < -0.4 is 5.32 Å². The predicted octanol–water partition coefficient (Wildman–Crippen LogP) is 3.73. The first-order chi connectivity index (χ1) is 9.60.